The van der Waals surface area contributed by atoms with Crippen molar-refractivity contribution in [2.45, 2.75) is 43.8 Å². The number of alkyl halides is 2. The second kappa shape index (κ2) is 6.98. The van der Waals surface area contributed by atoms with E-state index in [-0.39, 0.29) is 34.8 Å². The van der Waals surface area contributed by atoms with Crippen molar-refractivity contribution in [3.05, 3.63) is 53.6 Å². The molecular weight excluding hydrogens is 408 g/mol. The molecule has 3 aromatic rings. The number of pyridine rings is 2. The Hall–Kier alpha value is -3.07. The van der Waals surface area contributed by atoms with Gasteiger partial charge in [-0.3, -0.25) is 4.79 Å². The highest BCUT2D eigenvalue weighted by atomic mass is 19.3. The van der Waals surface area contributed by atoms with Crippen molar-refractivity contribution in [2.24, 2.45) is 0 Å². The van der Waals surface area contributed by atoms with E-state index >= 15 is 0 Å². The molecule has 2 bridgehead atoms. The molecule has 0 N–H and O–H groups in total. The van der Waals surface area contributed by atoms with Gasteiger partial charge in [0, 0.05) is 30.4 Å². The molecule has 0 aromatic carbocycles. The molecule has 0 amide bonds. The summed E-state index contributed by atoms with van der Waals surface area (Å²) in [7, 11) is 1.43. The van der Waals surface area contributed by atoms with Gasteiger partial charge in [-0.05, 0) is 43.5 Å². The summed E-state index contributed by atoms with van der Waals surface area (Å²) in [6.07, 6.45) is 6.73. The number of aromatic nitrogens is 3. The Morgan fingerprint density at radius 3 is 2.84 bits per heavy atom. The summed E-state index contributed by atoms with van der Waals surface area (Å²) in [5.41, 5.74) is 1.60. The van der Waals surface area contributed by atoms with Gasteiger partial charge in [0.25, 0.3) is 0 Å². The Kier molecular flexibility index (Phi) is 4.47. The van der Waals surface area contributed by atoms with Crippen LogP contribution in [0.4, 0.5) is 8.78 Å². The van der Waals surface area contributed by atoms with E-state index in [0.29, 0.717) is 23.4 Å². The van der Waals surface area contributed by atoms with Crippen LogP contribution in [-0.2, 0) is 16.6 Å². The normalized spacial score (nSPS) is 24.4. The van der Waals surface area contributed by atoms with Gasteiger partial charge in [0.05, 0.1) is 30.6 Å². The lowest BCUT2D eigenvalue weighted by atomic mass is 9.62. The minimum Gasteiger partial charge on any atom is -0.480 e. The highest BCUT2D eigenvalue weighted by Crippen LogP contribution is 2.58. The zero-order valence-corrected chi connectivity index (χ0v) is 17.1. The summed E-state index contributed by atoms with van der Waals surface area (Å²) in [5.74, 6) is -0.0943. The van der Waals surface area contributed by atoms with Crippen LogP contribution in [0.3, 0.4) is 0 Å². The monoisotopic (exact) mass is 429 g/mol. The fraction of sp³-hybridized carbons (Fsp3) is 0.409. The number of carbonyl (C=O) groups is 1. The molecule has 0 atom stereocenters. The van der Waals surface area contributed by atoms with Gasteiger partial charge in [0.1, 0.15) is 0 Å². The predicted octanol–water partition coefficient (Wildman–Crippen LogP) is 3.59. The SMILES string of the molecule is COc1ncccc1C(=O)Cc1cc(OC(F)F)c2nc(C34COC(C)(C3)C4)cn2c1. The minimum absolute atomic E-state index is 0.0303. The van der Waals surface area contributed by atoms with E-state index in [0.717, 1.165) is 18.5 Å². The van der Waals surface area contributed by atoms with Crippen LogP contribution in [0.15, 0.2) is 36.8 Å². The third-order valence-corrected chi connectivity index (χ3v) is 6.08. The Morgan fingerprint density at radius 2 is 2.16 bits per heavy atom. The zero-order valence-electron chi connectivity index (χ0n) is 17.1. The molecule has 5 heterocycles. The first-order valence-electron chi connectivity index (χ1n) is 9.94. The fourth-order valence-corrected chi connectivity index (χ4v) is 4.86. The van der Waals surface area contributed by atoms with Crippen LogP contribution in [-0.4, -0.2) is 46.1 Å². The topological polar surface area (TPSA) is 75.0 Å². The number of ether oxygens (including phenoxy) is 3. The number of rotatable bonds is 7. The van der Waals surface area contributed by atoms with Crippen LogP contribution < -0.4 is 9.47 Å². The van der Waals surface area contributed by atoms with Crippen LogP contribution >= 0.6 is 0 Å². The molecule has 3 aromatic heterocycles. The van der Waals surface area contributed by atoms with Crippen LogP contribution in [0.5, 0.6) is 11.6 Å². The summed E-state index contributed by atoms with van der Waals surface area (Å²) in [4.78, 5) is 21.5. The average molecular weight is 429 g/mol. The standard InChI is InChI=1S/C22H21F2N3O4/c1-21-10-22(11-21,12-30-21)17-9-27-8-13(7-16(18(27)26-17)31-20(23)24)6-15(28)14-4-3-5-25-19(14)29-2/h3-5,7-9,20H,6,10-12H2,1-2H3. The van der Waals surface area contributed by atoms with E-state index in [1.807, 2.05) is 6.20 Å². The highest BCUT2D eigenvalue weighted by molar-refractivity contribution is 5.99. The van der Waals surface area contributed by atoms with Crippen molar-refractivity contribution >= 4 is 11.4 Å². The number of fused-ring (bicyclic) bond motifs is 2. The zero-order chi connectivity index (χ0) is 21.8. The summed E-state index contributed by atoms with van der Waals surface area (Å²) >= 11 is 0. The third-order valence-electron chi connectivity index (χ3n) is 6.08. The Morgan fingerprint density at radius 1 is 1.35 bits per heavy atom. The predicted molar refractivity (Wildman–Crippen MR) is 106 cm³/mol. The summed E-state index contributed by atoms with van der Waals surface area (Å²) in [6.45, 7) is -0.381. The maximum atomic E-state index is 13.1. The van der Waals surface area contributed by atoms with E-state index in [9.17, 15) is 13.6 Å². The van der Waals surface area contributed by atoms with Gasteiger partial charge >= 0.3 is 6.61 Å². The van der Waals surface area contributed by atoms with Gasteiger partial charge in [0.2, 0.25) is 5.88 Å². The van der Waals surface area contributed by atoms with Crippen molar-refractivity contribution in [1.29, 1.82) is 0 Å². The second-order valence-corrected chi connectivity index (χ2v) is 8.48. The maximum absolute atomic E-state index is 13.1. The molecular formula is C22H21F2N3O4. The van der Waals surface area contributed by atoms with E-state index in [2.05, 4.69) is 16.9 Å². The molecule has 0 unspecified atom stereocenters. The van der Waals surface area contributed by atoms with Crippen LogP contribution in [0.25, 0.3) is 5.65 Å². The molecule has 7 nitrogen and oxygen atoms in total. The molecule has 2 saturated heterocycles. The summed E-state index contributed by atoms with van der Waals surface area (Å²) in [6, 6.07) is 4.69. The largest absolute Gasteiger partial charge is 0.480 e. The van der Waals surface area contributed by atoms with Crippen molar-refractivity contribution < 1.29 is 27.8 Å². The van der Waals surface area contributed by atoms with Crippen molar-refractivity contribution in [1.82, 2.24) is 14.4 Å². The third kappa shape index (κ3) is 3.33. The molecule has 31 heavy (non-hydrogen) atoms. The Balaban J connectivity index is 1.51. The van der Waals surface area contributed by atoms with Gasteiger partial charge in [-0.15, -0.1) is 0 Å². The molecule has 6 rings (SSSR count). The quantitative estimate of drug-likeness (QED) is 0.535. The number of imidazole rings is 1. The lowest BCUT2D eigenvalue weighted by Crippen LogP contribution is -2.45. The number of ketones is 1. The molecule has 9 heteroatoms. The first-order chi connectivity index (χ1) is 14.8. The first kappa shape index (κ1) is 19.9. The second-order valence-electron chi connectivity index (χ2n) is 8.48. The van der Waals surface area contributed by atoms with Crippen LogP contribution in [0, 0.1) is 0 Å². The smallest absolute Gasteiger partial charge is 0.387 e. The number of hydrogen-bond donors (Lipinski definition) is 0. The number of Topliss-reactive ketones (excluding diaryl/α,β-unsaturated/α-hetero) is 1. The number of carbonyl (C=O) groups excluding carboxylic acids is 1. The lowest BCUT2D eigenvalue weighted by Gasteiger charge is -2.41. The number of nitrogens with zero attached hydrogens (tertiary/aromatic N) is 3. The Bertz CT molecular complexity index is 1170. The van der Waals surface area contributed by atoms with Crippen molar-refractivity contribution in [2.75, 3.05) is 13.7 Å². The average Bonchev–Trinajstić information content (AvgIpc) is 3.38. The van der Waals surface area contributed by atoms with Gasteiger partial charge < -0.3 is 18.6 Å². The molecule has 0 radical (unpaired) electrons. The lowest BCUT2D eigenvalue weighted by molar-refractivity contribution is -0.0491. The molecule has 3 fully saturated rings. The molecule has 3 aliphatic rings. The summed E-state index contributed by atoms with van der Waals surface area (Å²) in [5, 5.41) is 0. The van der Waals surface area contributed by atoms with E-state index in [1.54, 1.807) is 22.7 Å². The molecule has 0 spiro atoms. The fourth-order valence-electron chi connectivity index (χ4n) is 4.86. The van der Waals surface area contributed by atoms with Crippen LogP contribution in [0.2, 0.25) is 0 Å². The number of methoxy groups -OCH3 is 1. The van der Waals surface area contributed by atoms with E-state index in [4.69, 9.17) is 14.2 Å². The maximum Gasteiger partial charge on any atom is 0.387 e. The molecule has 2 aliphatic heterocycles. The van der Waals surface area contributed by atoms with Crippen molar-refractivity contribution in [3.8, 4) is 11.6 Å². The van der Waals surface area contributed by atoms with Gasteiger partial charge in [-0.25, -0.2) is 9.97 Å². The highest BCUT2D eigenvalue weighted by Gasteiger charge is 2.61. The Labute approximate surface area is 177 Å². The van der Waals surface area contributed by atoms with Gasteiger partial charge in [0.15, 0.2) is 17.2 Å². The van der Waals surface area contributed by atoms with Gasteiger partial charge in [-0.1, -0.05) is 0 Å². The van der Waals surface area contributed by atoms with Gasteiger partial charge in [-0.2, -0.15) is 8.78 Å². The van der Waals surface area contributed by atoms with E-state index in [1.165, 1.54) is 19.4 Å². The molecule has 1 saturated carbocycles. The number of halogens is 2. The minimum atomic E-state index is -3.01. The van der Waals surface area contributed by atoms with Crippen LogP contribution in [0.1, 0.15) is 41.4 Å². The summed E-state index contributed by atoms with van der Waals surface area (Å²) < 4.78 is 43.5. The first-order valence-corrected chi connectivity index (χ1v) is 9.94. The van der Waals surface area contributed by atoms with E-state index < -0.39 is 6.61 Å². The number of hydrogen-bond acceptors (Lipinski definition) is 6. The molecule has 1 aliphatic carbocycles. The molecule has 162 valence electrons. The van der Waals surface area contributed by atoms with Crippen molar-refractivity contribution in [3.63, 3.8) is 0 Å².